The average Bonchev–Trinajstić information content (AvgIpc) is 3.13. The van der Waals surface area contributed by atoms with Gasteiger partial charge in [0.05, 0.1) is 11.6 Å². The van der Waals surface area contributed by atoms with Gasteiger partial charge in [0.2, 0.25) is 0 Å². The Kier molecular flexibility index (Phi) is 5.43. The smallest absolute Gasteiger partial charge is 0.328 e. The standard InChI is InChI=1S/C17H15F4N7O/c1-9-6-12(18)11(17(19,20)21)7-13(9)27-16(29)26-10(2)14-24-8-25-28(14)15-22-4-3-5-23-15/h3-8,10H,1-2H3,(H2,26,27,29)/t10-/m0/s1. The van der Waals surface area contributed by atoms with Crippen molar-refractivity contribution in [2.75, 3.05) is 5.32 Å². The number of rotatable bonds is 4. The van der Waals surface area contributed by atoms with Crippen LogP contribution in [-0.2, 0) is 6.18 Å². The van der Waals surface area contributed by atoms with Gasteiger partial charge in [-0.15, -0.1) is 0 Å². The van der Waals surface area contributed by atoms with Crippen LogP contribution in [0.15, 0.2) is 36.9 Å². The first kappa shape index (κ1) is 20.2. The summed E-state index contributed by atoms with van der Waals surface area (Å²) < 4.78 is 53.6. The minimum Gasteiger partial charge on any atom is -0.328 e. The van der Waals surface area contributed by atoms with Crippen molar-refractivity contribution in [2.24, 2.45) is 0 Å². The van der Waals surface area contributed by atoms with Gasteiger partial charge in [0.25, 0.3) is 5.95 Å². The lowest BCUT2D eigenvalue weighted by atomic mass is 10.1. The highest BCUT2D eigenvalue weighted by atomic mass is 19.4. The van der Waals surface area contributed by atoms with E-state index in [0.717, 1.165) is 0 Å². The zero-order chi connectivity index (χ0) is 21.2. The average molecular weight is 409 g/mol. The summed E-state index contributed by atoms with van der Waals surface area (Å²) in [6.07, 6.45) is -0.617. The molecule has 0 aliphatic carbocycles. The molecule has 2 aromatic heterocycles. The quantitative estimate of drug-likeness (QED) is 0.644. The first-order valence-corrected chi connectivity index (χ1v) is 8.29. The monoisotopic (exact) mass is 409 g/mol. The number of hydrogen-bond acceptors (Lipinski definition) is 5. The molecule has 0 aliphatic rings. The molecule has 2 heterocycles. The lowest BCUT2D eigenvalue weighted by Crippen LogP contribution is -2.33. The molecule has 0 bridgehead atoms. The third-order valence-electron chi connectivity index (χ3n) is 3.92. The molecular weight excluding hydrogens is 394 g/mol. The van der Waals surface area contributed by atoms with Crippen molar-refractivity contribution >= 4 is 11.7 Å². The molecule has 2 amide bonds. The Morgan fingerprint density at radius 3 is 2.52 bits per heavy atom. The predicted molar refractivity (Wildman–Crippen MR) is 93.7 cm³/mol. The fourth-order valence-electron chi connectivity index (χ4n) is 2.54. The van der Waals surface area contributed by atoms with Crippen molar-refractivity contribution in [3.63, 3.8) is 0 Å². The molecule has 3 rings (SSSR count). The second-order valence-electron chi connectivity index (χ2n) is 6.04. The lowest BCUT2D eigenvalue weighted by Gasteiger charge is -2.17. The summed E-state index contributed by atoms with van der Waals surface area (Å²) in [5, 5.41) is 8.84. The van der Waals surface area contributed by atoms with Crippen molar-refractivity contribution in [1.29, 1.82) is 0 Å². The van der Waals surface area contributed by atoms with E-state index >= 15 is 0 Å². The van der Waals surface area contributed by atoms with E-state index in [4.69, 9.17) is 0 Å². The highest BCUT2D eigenvalue weighted by Gasteiger charge is 2.35. The van der Waals surface area contributed by atoms with Crippen LogP contribution in [0.1, 0.15) is 29.9 Å². The summed E-state index contributed by atoms with van der Waals surface area (Å²) in [6.45, 7) is 2.98. The van der Waals surface area contributed by atoms with Gasteiger partial charge in [-0.1, -0.05) is 0 Å². The first-order valence-electron chi connectivity index (χ1n) is 8.29. The van der Waals surface area contributed by atoms with Gasteiger partial charge in [0, 0.05) is 18.1 Å². The maximum atomic E-state index is 13.6. The van der Waals surface area contributed by atoms with Gasteiger partial charge in [-0.3, -0.25) is 0 Å². The van der Waals surface area contributed by atoms with Crippen LogP contribution in [0.4, 0.5) is 28.0 Å². The van der Waals surface area contributed by atoms with Crippen LogP contribution in [0, 0.1) is 12.7 Å². The van der Waals surface area contributed by atoms with Gasteiger partial charge >= 0.3 is 12.2 Å². The number of nitrogens with one attached hydrogen (secondary N) is 2. The topological polar surface area (TPSA) is 97.6 Å². The number of urea groups is 1. The number of anilines is 1. The molecule has 3 aromatic rings. The molecular formula is C17H15F4N7O. The summed E-state index contributed by atoms with van der Waals surface area (Å²) in [7, 11) is 0. The number of carbonyl (C=O) groups is 1. The van der Waals surface area contributed by atoms with Gasteiger partial charge in [-0.25, -0.2) is 24.1 Å². The molecule has 152 valence electrons. The molecule has 0 unspecified atom stereocenters. The molecule has 0 spiro atoms. The molecule has 0 fully saturated rings. The van der Waals surface area contributed by atoms with E-state index in [0.29, 0.717) is 18.0 Å². The minimum atomic E-state index is -4.88. The normalized spacial score (nSPS) is 12.5. The maximum absolute atomic E-state index is 13.6. The number of amides is 2. The Morgan fingerprint density at radius 1 is 1.17 bits per heavy atom. The van der Waals surface area contributed by atoms with Crippen LogP contribution in [0.3, 0.4) is 0 Å². The van der Waals surface area contributed by atoms with Crippen molar-refractivity contribution in [3.8, 4) is 5.95 Å². The zero-order valence-corrected chi connectivity index (χ0v) is 15.2. The van der Waals surface area contributed by atoms with Crippen molar-refractivity contribution in [3.05, 3.63) is 59.7 Å². The van der Waals surface area contributed by atoms with Crippen LogP contribution < -0.4 is 10.6 Å². The fraction of sp³-hybridized carbons (Fsp3) is 0.235. The third kappa shape index (κ3) is 4.47. The van der Waals surface area contributed by atoms with Gasteiger partial charge in [-0.05, 0) is 37.6 Å². The number of benzene rings is 1. The Labute approximate surface area is 162 Å². The molecule has 0 aliphatic heterocycles. The molecule has 1 atom stereocenters. The molecule has 0 radical (unpaired) electrons. The lowest BCUT2D eigenvalue weighted by molar-refractivity contribution is -0.139. The van der Waals surface area contributed by atoms with E-state index in [1.54, 1.807) is 13.0 Å². The number of hydrogen-bond donors (Lipinski definition) is 2. The molecule has 0 saturated carbocycles. The van der Waals surface area contributed by atoms with Crippen LogP contribution in [-0.4, -0.2) is 30.8 Å². The number of aryl methyl sites for hydroxylation is 1. The van der Waals surface area contributed by atoms with Crippen LogP contribution in [0.25, 0.3) is 5.95 Å². The summed E-state index contributed by atoms with van der Waals surface area (Å²) in [5.41, 5.74) is -1.50. The number of aromatic nitrogens is 5. The van der Waals surface area contributed by atoms with E-state index in [2.05, 4.69) is 30.7 Å². The number of alkyl halides is 3. The van der Waals surface area contributed by atoms with Crippen molar-refractivity contribution in [2.45, 2.75) is 26.1 Å². The van der Waals surface area contributed by atoms with Crippen LogP contribution in [0.5, 0.6) is 0 Å². The number of halogens is 4. The molecule has 12 heteroatoms. The molecule has 8 nitrogen and oxygen atoms in total. The predicted octanol–water partition coefficient (Wildman–Crippen LogP) is 3.41. The Bertz CT molecular complexity index is 1020. The summed E-state index contributed by atoms with van der Waals surface area (Å²) >= 11 is 0. The number of nitrogens with zero attached hydrogens (tertiary/aromatic N) is 5. The Balaban J connectivity index is 1.77. The van der Waals surface area contributed by atoms with Crippen LogP contribution >= 0.6 is 0 Å². The second kappa shape index (κ2) is 7.81. The molecule has 2 N–H and O–H groups in total. The summed E-state index contributed by atoms with van der Waals surface area (Å²) in [4.78, 5) is 24.4. The van der Waals surface area contributed by atoms with Gasteiger partial charge in [0.1, 0.15) is 12.1 Å². The van der Waals surface area contributed by atoms with E-state index < -0.39 is 29.6 Å². The third-order valence-corrected chi connectivity index (χ3v) is 3.92. The number of carbonyl (C=O) groups excluding carboxylic acids is 1. The minimum absolute atomic E-state index is 0.138. The maximum Gasteiger partial charge on any atom is 0.419 e. The van der Waals surface area contributed by atoms with E-state index in [9.17, 15) is 22.4 Å². The summed E-state index contributed by atoms with van der Waals surface area (Å²) in [6, 6.07) is 1.39. The first-order chi connectivity index (χ1) is 13.7. The van der Waals surface area contributed by atoms with Crippen molar-refractivity contribution < 1.29 is 22.4 Å². The zero-order valence-electron chi connectivity index (χ0n) is 15.2. The summed E-state index contributed by atoms with van der Waals surface area (Å²) in [5.74, 6) is -0.873. The second-order valence-corrected chi connectivity index (χ2v) is 6.04. The Morgan fingerprint density at radius 2 is 1.86 bits per heavy atom. The highest BCUT2D eigenvalue weighted by Crippen LogP contribution is 2.34. The van der Waals surface area contributed by atoms with Crippen molar-refractivity contribution in [1.82, 2.24) is 30.0 Å². The van der Waals surface area contributed by atoms with Crippen LogP contribution in [0.2, 0.25) is 0 Å². The molecule has 0 saturated heterocycles. The van der Waals surface area contributed by atoms with Gasteiger partial charge in [-0.2, -0.15) is 23.0 Å². The molecule has 29 heavy (non-hydrogen) atoms. The Hall–Kier alpha value is -3.57. The van der Waals surface area contributed by atoms with E-state index in [-0.39, 0.29) is 17.2 Å². The molecule has 1 aromatic carbocycles. The van der Waals surface area contributed by atoms with E-state index in [1.807, 2.05) is 0 Å². The van der Waals surface area contributed by atoms with E-state index in [1.165, 1.54) is 30.3 Å². The van der Waals surface area contributed by atoms with Gasteiger partial charge in [0.15, 0.2) is 5.82 Å². The fourth-order valence-corrected chi connectivity index (χ4v) is 2.54. The SMILES string of the molecule is Cc1cc(F)c(C(F)(F)F)cc1NC(=O)N[C@@H](C)c1ncnn1-c1ncccn1. The van der Waals surface area contributed by atoms with Gasteiger partial charge < -0.3 is 10.6 Å². The largest absolute Gasteiger partial charge is 0.419 e. The highest BCUT2D eigenvalue weighted by molar-refractivity contribution is 5.90.